The first-order chi connectivity index (χ1) is 15.2. The Hall–Kier alpha value is -3.90. The number of benzene rings is 2. The van der Waals surface area contributed by atoms with Crippen LogP contribution in [0.25, 0.3) is 27.8 Å². The number of allylic oxidation sites excluding steroid dienone is 1. The topological polar surface area (TPSA) is 78.9 Å². The van der Waals surface area contributed by atoms with Gasteiger partial charge < -0.3 is 9.73 Å². The van der Waals surface area contributed by atoms with Gasteiger partial charge in [-0.2, -0.15) is 18.4 Å². The van der Waals surface area contributed by atoms with Crippen LogP contribution in [-0.2, 0) is 6.18 Å². The van der Waals surface area contributed by atoms with Gasteiger partial charge >= 0.3 is 11.8 Å². The van der Waals surface area contributed by atoms with Gasteiger partial charge in [0.1, 0.15) is 22.2 Å². The van der Waals surface area contributed by atoms with Crippen LogP contribution in [0.2, 0.25) is 0 Å². The van der Waals surface area contributed by atoms with Crippen molar-refractivity contribution in [2.45, 2.75) is 13.1 Å². The van der Waals surface area contributed by atoms with Gasteiger partial charge in [0.25, 0.3) is 0 Å². The van der Waals surface area contributed by atoms with Gasteiger partial charge in [-0.25, -0.2) is 9.78 Å². The lowest BCUT2D eigenvalue weighted by Crippen LogP contribution is -2.11. The zero-order valence-corrected chi connectivity index (χ0v) is 17.3. The molecule has 4 rings (SSSR count). The maximum atomic E-state index is 13.2. The molecule has 0 bridgehead atoms. The third-order valence-electron chi connectivity index (χ3n) is 4.64. The quantitative estimate of drug-likeness (QED) is 0.293. The Kier molecular flexibility index (Phi) is 5.55. The van der Waals surface area contributed by atoms with Crippen LogP contribution in [0.1, 0.15) is 16.1 Å². The van der Waals surface area contributed by atoms with Crippen LogP contribution in [0.4, 0.5) is 18.9 Å². The number of anilines is 1. The summed E-state index contributed by atoms with van der Waals surface area (Å²) in [5, 5.41) is 14.5. The minimum absolute atomic E-state index is 0.211. The van der Waals surface area contributed by atoms with Crippen LogP contribution < -0.4 is 10.9 Å². The van der Waals surface area contributed by atoms with Gasteiger partial charge in [-0.15, -0.1) is 11.3 Å². The molecule has 0 saturated carbocycles. The third kappa shape index (κ3) is 4.40. The molecule has 0 radical (unpaired) electrons. The highest BCUT2D eigenvalue weighted by atomic mass is 32.1. The molecule has 0 fully saturated rings. The minimum Gasteiger partial charge on any atom is -0.423 e. The molecule has 2 aromatic carbocycles. The molecule has 0 spiro atoms. The number of hydrogen-bond acceptors (Lipinski definition) is 6. The van der Waals surface area contributed by atoms with Gasteiger partial charge in [-0.3, -0.25) is 0 Å². The highest BCUT2D eigenvalue weighted by molar-refractivity contribution is 7.11. The van der Waals surface area contributed by atoms with Gasteiger partial charge in [-0.1, -0.05) is 29.8 Å². The van der Waals surface area contributed by atoms with E-state index in [2.05, 4.69) is 16.4 Å². The minimum atomic E-state index is -4.68. The molecule has 0 amide bonds. The summed E-state index contributed by atoms with van der Waals surface area (Å²) in [6.07, 6.45) is -3.28. The number of thiazole rings is 1. The lowest BCUT2D eigenvalue weighted by atomic mass is 10.1. The largest absolute Gasteiger partial charge is 0.423 e. The zero-order chi connectivity index (χ0) is 22.9. The van der Waals surface area contributed by atoms with E-state index in [-0.39, 0.29) is 16.5 Å². The predicted octanol–water partition coefficient (Wildman–Crippen LogP) is 6.22. The first kappa shape index (κ1) is 21.3. The molecular weight excluding hydrogens is 439 g/mol. The van der Waals surface area contributed by atoms with E-state index in [4.69, 9.17) is 4.42 Å². The van der Waals surface area contributed by atoms with Crippen molar-refractivity contribution < 1.29 is 17.6 Å². The van der Waals surface area contributed by atoms with Crippen LogP contribution in [0.3, 0.4) is 0 Å². The summed E-state index contributed by atoms with van der Waals surface area (Å²) in [5.41, 5.74) is 1.02. The van der Waals surface area contributed by atoms with Crippen LogP contribution in [0.15, 0.2) is 69.3 Å². The zero-order valence-electron chi connectivity index (χ0n) is 16.5. The fourth-order valence-corrected chi connectivity index (χ4v) is 3.83. The number of alkyl halides is 3. The number of aromatic nitrogens is 1. The fraction of sp³-hybridized carbons (Fsp3) is 0.0870. The second-order valence-corrected chi connectivity index (χ2v) is 7.76. The molecule has 2 heterocycles. The first-order valence-corrected chi connectivity index (χ1v) is 10.2. The summed E-state index contributed by atoms with van der Waals surface area (Å²) < 4.78 is 44.5. The number of rotatable bonds is 4. The van der Waals surface area contributed by atoms with Crippen molar-refractivity contribution in [3.8, 4) is 17.3 Å². The lowest BCUT2D eigenvalue weighted by Gasteiger charge is -2.10. The van der Waals surface area contributed by atoms with Crippen molar-refractivity contribution in [3.63, 3.8) is 0 Å². The first-order valence-electron chi connectivity index (χ1n) is 9.29. The maximum Gasteiger partial charge on any atom is 0.417 e. The van der Waals surface area contributed by atoms with Crippen LogP contribution in [0, 0.1) is 18.3 Å². The van der Waals surface area contributed by atoms with Crippen molar-refractivity contribution in [3.05, 3.63) is 86.7 Å². The summed E-state index contributed by atoms with van der Waals surface area (Å²) in [6, 6.07) is 14.2. The molecule has 2 aromatic heterocycles. The third-order valence-corrected chi connectivity index (χ3v) is 5.51. The number of hydrogen-bond donors (Lipinski definition) is 1. The smallest absolute Gasteiger partial charge is 0.417 e. The van der Waals surface area contributed by atoms with Crippen molar-refractivity contribution in [1.82, 2.24) is 4.98 Å². The average Bonchev–Trinajstić information content (AvgIpc) is 3.23. The summed E-state index contributed by atoms with van der Waals surface area (Å²) in [5.74, 6) is 0. The fourth-order valence-electron chi connectivity index (χ4n) is 3.04. The van der Waals surface area contributed by atoms with E-state index in [9.17, 15) is 23.2 Å². The van der Waals surface area contributed by atoms with Crippen molar-refractivity contribution in [2.24, 2.45) is 0 Å². The average molecular weight is 453 g/mol. The number of nitriles is 1. The van der Waals surface area contributed by atoms with E-state index in [0.29, 0.717) is 16.8 Å². The van der Waals surface area contributed by atoms with Crippen molar-refractivity contribution in [1.29, 1.82) is 5.26 Å². The molecule has 0 atom stereocenters. The Morgan fingerprint density at radius 3 is 2.62 bits per heavy atom. The molecule has 5 nitrogen and oxygen atoms in total. The molecule has 0 aliphatic carbocycles. The Labute approximate surface area is 184 Å². The molecule has 32 heavy (non-hydrogen) atoms. The van der Waals surface area contributed by atoms with E-state index < -0.39 is 17.4 Å². The van der Waals surface area contributed by atoms with Crippen LogP contribution >= 0.6 is 11.3 Å². The second-order valence-electron chi connectivity index (χ2n) is 6.91. The molecule has 1 N–H and O–H groups in total. The number of fused-ring (bicyclic) bond motifs is 1. The number of nitrogens with zero attached hydrogens (tertiary/aromatic N) is 2. The Morgan fingerprint density at radius 2 is 1.94 bits per heavy atom. The standard InChI is InChI=1S/C23H14F3N3O2S/c1-13-2-4-14(5-3-13)19-12-32-22(29-19)15(10-27)11-28-16-6-7-17-18(23(24,25)26)9-21(30)31-20(17)8-16/h2-9,11-12,28H,1H3/b15-11+. The number of aryl methyl sites for hydroxylation is 1. The molecule has 0 unspecified atom stereocenters. The van der Waals surface area contributed by atoms with Gasteiger partial charge in [0.15, 0.2) is 0 Å². The lowest BCUT2D eigenvalue weighted by molar-refractivity contribution is -0.136. The van der Waals surface area contributed by atoms with Crippen molar-refractivity contribution >= 4 is 33.6 Å². The molecule has 4 aromatic rings. The molecule has 9 heteroatoms. The highest BCUT2D eigenvalue weighted by Gasteiger charge is 2.33. The molecule has 0 aliphatic heterocycles. The molecule has 160 valence electrons. The van der Waals surface area contributed by atoms with E-state index in [0.717, 1.165) is 16.8 Å². The number of halogens is 3. The Balaban J connectivity index is 1.62. The van der Waals surface area contributed by atoms with Crippen molar-refractivity contribution in [2.75, 3.05) is 5.32 Å². The van der Waals surface area contributed by atoms with Gasteiger partial charge in [0, 0.05) is 40.3 Å². The van der Waals surface area contributed by atoms with E-state index in [1.807, 2.05) is 36.6 Å². The summed E-state index contributed by atoms with van der Waals surface area (Å²) in [4.78, 5) is 16.0. The maximum absolute atomic E-state index is 13.2. The van der Waals surface area contributed by atoms with Crippen LogP contribution in [0.5, 0.6) is 0 Å². The van der Waals surface area contributed by atoms with E-state index in [1.165, 1.54) is 35.7 Å². The summed E-state index contributed by atoms with van der Waals surface area (Å²) in [7, 11) is 0. The van der Waals surface area contributed by atoms with Crippen LogP contribution in [-0.4, -0.2) is 4.98 Å². The van der Waals surface area contributed by atoms with Gasteiger partial charge in [0.05, 0.1) is 11.3 Å². The molecule has 0 aliphatic rings. The Bertz CT molecular complexity index is 1430. The summed E-state index contributed by atoms with van der Waals surface area (Å²) >= 11 is 1.30. The second kappa shape index (κ2) is 8.32. The van der Waals surface area contributed by atoms with E-state index in [1.54, 1.807) is 0 Å². The van der Waals surface area contributed by atoms with Gasteiger partial charge in [-0.05, 0) is 19.1 Å². The molecular formula is C23H14F3N3O2S. The normalized spacial score (nSPS) is 12.0. The summed E-state index contributed by atoms with van der Waals surface area (Å²) in [6.45, 7) is 1.99. The predicted molar refractivity (Wildman–Crippen MR) is 117 cm³/mol. The highest BCUT2D eigenvalue weighted by Crippen LogP contribution is 2.34. The Morgan fingerprint density at radius 1 is 1.19 bits per heavy atom. The van der Waals surface area contributed by atoms with E-state index >= 15 is 0 Å². The van der Waals surface area contributed by atoms with Gasteiger partial charge in [0.2, 0.25) is 0 Å². The monoisotopic (exact) mass is 453 g/mol. The number of nitrogens with one attached hydrogen (secondary N) is 1. The molecule has 0 saturated heterocycles. The SMILES string of the molecule is Cc1ccc(-c2csc(/C(C#N)=C/Nc3ccc4c(C(F)(F)F)cc(=O)oc4c3)n2)cc1.